The lowest BCUT2D eigenvalue weighted by Crippen LogP contribution is -2.44. The zero-order valence-corrected chi connectivity index (χ0v) is 21.3. The Kier molecular flexibility index (Phi) is 6.74. The first-order valence-corrected chi connectivity index (χ1v) is 13.6. The Bertz CT molecular complexity index is 1320. The molecule has 3 aromatic rings. The molecule has 1 aliphatic carbocycles. The summed E-state index contributed by atoms with van der Waals surface area (Å²) in [4.78, 5) is 29.8. The first-order valence-electron chi connectivity index (χ1n) is 13.6. The van der Waals surface area contributed by atoms with Crippen LogP contribution in [0.4, 0.5) is 0 Å². The third kappa shape index (κ3) is 4.78. The Morgan fingerprint density at radius 3 is 2.57 bits per heavy atom. The summed E-state index contributed by atoms with van der Waals surface area (Å²) in [7, 11) is 0. The highest BCUT2D eigenvalue weighted by Gasteiger charge is 2.29. The number of carboxylic acids is 1. The van der Waals surface area contributed by atoms with Crippen LogP contribution < -0.4 is 0 Å². The molecule has 0 unspecified atom stereocenters. The number of carbonyl (C=O) groups is 2. The van der Waals surface area contributed by atoms with Crippen LogP contribution in [0.2, 0.25) is 0 Å². The molecule has 194 valence electrons. The van der Waals surface area contributed by atoms with Gasteiger partial charge < -0.3 is 19.3 Å². The number of fused-ring (bicyclic) bond motifs is 5. The van der Waals surface area contributed by atoms with E-state index in [0.717, 1.165) is 49.4 Å². The summed E-state index contributed by atoms with van der Waals surface area (Å²) < 4.78 is 7.56. The number of aromatic carboxylic acids is 1. The highest BCUT2D eigenvalue weighted by molar-refractivity contribution is 5.97. The summed E-state index contributed by atoms with van der Waals surface area (Å²) in [5.41, 5.74) is 5.89. The van der Waals surface area contributed by atoms with E-state index < -0.39 is 5.97 Å². The second-order valence-corrected chi connectivity index (χ2v) is 10.7. The summed E-state index contributed by atoms with van der Waals surface area (Å²) in [6, 6.07) is 14.0. The largest absolute Gasteiger partial charge is 0.478 e. The maximum atomic E-state index is 13.7. The third-order valence-corrected chi connectivity index (χ3v) is 8.43. The number of morpholine rings is 1. The summed E-state index contributed by atoms with van der Waals surface area (Å²) in [5, 5.41) is 10.6. The SMILES string of the molecule is O=C(O)c1ccc2cc3n(c2c1)CC(=O)N(CCN1CCOCC1)Cc1cccc(C2CCCCC2)c1-3. The van der Waals surface area contributed by atoms with E-state index in [1.54, 1.807) is 12.1 Å². The van der Waals surface area contributed by atoms with Gasteiger partial charge in [-0.3, -0.25) is 9.69 Å². The molecule has 2 aliphatic heterocycles. The van der Waals surface area contributed by atoms with Crippen LogP contribution in [0.3, 0.4) is 0 Å². The molecule has 3 aliphatic rings. The van der Waals surface area contributed by atoms with Crippen LogP contribution in [0.1, 0.15) is 59.5 Å². The average molecular weight is 502 g/mol. The lowest BCUT2D eigenvalue weighted by Gasteiger charge is -2.33. The zero-order chi connectivity index (χ0) is 25.4. The van der Waals surface area contributed by atoms with E-state index in [9.17, 15) is 14.7 Å². The maximum Gasteiger partial charge on any atom is 0.335 e. The van der Waals surface area contributed by atoms with Gasteiger partial charge in [-0.05, 0) is 48.1 Å². The number of ether oxygens (including phenoxy) is 1. The van der Waals surface area contributed by atoms with Crippen LogP contribution in [0, 0.1) is 0 Å². The molecule has 7 nitrogen and oxygen atoms in total. The van der Waals surface area contributed by atoms with Gasteiger partial charge in [-0.2, -0.15) is 0 Å². The van der Waals surface area contributed by atoms with E-state index in [4.69, 9.17) is 4.74 Å². The molecule has 6 rings (SSSR count). The Morgan fingerprint density at radius 1 is 0.973 bits per heavy atom. The number of hydrogen-bond acceptors (Lipinski definition) is 4. The van der Waals surface area contributed by atoms with Gasteiger partial charge in [0.1, 0.15) is 6.54 Å². The van der Waals surface area contributed by atoms with Crippen molar-refractivity contribution in [2.75, 3.05) is 39.4 Å². The molecule has 1 amide bonds. The van der Waals surface area contributed by atoms with Crippen molar-refractivity contribution in [3.05, 3.63) is 59.2 Å². The van der Waals surface area contributed by atoms with E-state index in [1.807, 2.05) is 11.0 Å². The van der Waals surface area contributed by atoms with Crippen molar-refractivity contribution in [3.8, 4) is 11.3 Å². The number of nitrogens with zero attached hydrogens (tertiary/aromatic N) is 3. The van der Waals surface area contributed by atoms with Crippen molar-refractivity contribution in [1.29, 1.82) is 0 Å². The predicted octanol–water partition coefficient (Wildman–Crippen LogP) is 4.73. The smallest absolute Gasteiger partial charge is 0.335 e. The van der Waals surface area contributed by atoms with Crippen molar-refractivity contribution < 1.29 is 19.4 Å². The Labute approximate surface area is 217 Å². The van der Waals surface area contributed by atoms with Crippen molar-refractivity contribution in [3.63, 3.8) is 0 Å². The summed E-state index contributed by atoms with van der Waals surface area (Å²) in [6.45, 7) is 5.59. The first-order chi connectivity index (χ1) is 18.1. The number of carbonyl (C=O) groups excluding carboxylic acids is 1. The number of amides is 1. The molecular weight excluding hydrogens is 466 g/mol. The summed E-state index contributed by atoms with van der Waals surface area (Å²) in [5.74, 6) is -0.367. The van der Waals surface area contributed by atoms with E-state index in [2.05, 4.69) is 33.7 Å². The van der Waals surface area contributed by atoms with Gasteiger partial charge in [-0.25, -0.2) is 4.79 Å². The van der Waals surface area contributed by atoms with E-state index in [1.165, 1.54) is 48.8 Å². The molecule has 3 heterocycles. The summed E-state index contributed by atoms with van der Waals surface area (Å²) >= 11 is 0. The van der Waals surface area contributed by atoms with Gasteiger partial charge in [-0.15, -0.1) is 0 Å². The fraction of sp³-hybridized carbons (Fsp3) is 0.467. The first kappa shape index (κ1) is 24.2. The van der Waals surface area contributed by atoms with E-state index in [-0.39, 0.29) is 18.0 Å². The molecule has 1 N–H and O–H groups in total. The van der Waals surface area contributed by atoms with Crippen LogP contribution >= 0.6 is 0 Å². The number of carboxylic acid groups (broad SMARTS) is 1. The Hall–Kier alpha value is -3.16. The van der Waals surface area contributed by atoms with Gasteiger partial charge in [0.15, 0.2) is 0 Å². The summed E-state index contributed by atoms with van der Waals surface area (Å²) in [6.07, 6.45) is 6.19. The lowest BCUT2D eigenvalue weighted by molar-refractivity contribution is -0.132. The molecule has 1 saturated carbocycles. The minimum atomic E-state index is -0.954. The van der Waals surface area contributed by atoms with Crippen LogP contribution in [0.25, 0.3) is 22.2 Å². The molecule has 7 heteroatoms. The van der Waals surface area contributed by atoms with Crippen LogP contribution in [-0.4, -0.2) is 70.7 Å². The van der Waals surface area contributed by atoms with Gasteiger partial charge in [-0.1, -0.05) is 43.5 Å². The second kappa shape index (κ2) is 10.3. The van der Waals surface area contributed by atoms with Crippen molar-refractivity contribution in [2.45, 2.75) is 51.1 Å². The van der Waals surface area contributed by atoms with E-state index >= 15 is 0 Å². The van der Waals surface area contributed by atoms with Gasteiger partial charge in [0.2, 0.25) is 5.91 Å². The minimum Gasteiger partial charge on any atom is -0.478 e. The number of rotatable bonds is 5. The normalized spacial score (nSPS) is 19.4. The van der Waals surface area contributed by atoms with Gasteiger partial charge in [0.25, 0.3) is 0 Å². The molecule has 0 spiro atoms. The molecule has 1 aromatic heterocycles. The molecule has 0 bridgehead atoms. The number of aromatic nitrogens is 1. The molecule has 37 heavy (non-hydrogen) atoms. The van der Waals surface area contributed by atoms with Crippen molar-refractivity contribution >= 4 is 22.8 Å². The molecule has 0 atom stereocenters. The predicted molar refractivity (Wildman–Crippen MR) is 143 cm³/mol. The van der Waals surface area contributed by atoms with Gasteiger partial charge in [0, 0.05) is 49.2 Å². The third-order valence-electron chi connectivity index (χ3n) is 8.43. The monoisotopic (exact) mass is 501 g/mol. The topological polar surface area (TPSA) is 75.0 Å². The van der Waals surface area contributed by atoms with Crippen LogP contribution in [0.15, 0.2) is 42.5 Å². The highest BCUT2D eigenvalue weighted by atomic mass is 16.5. The van der Waals surface area contributed by atoms with E-state index in [0.29, 0.717) is 19.0 Å². The number of hydrogen-bond donors (Lipinski definition) is 1. The molecule has 2 fully saturated rings. The lowest BCUT2D eigenvalue weighted by atomic mass is 9.80. The Morgan fingerprint density at radius 2 is 1.78 bits per heavy atom. The van der Waals surface area contributed by atoms with Crippen LogP contribution in [-0.2, 0) is 22.6 Å². The van der Waals surface area contributed by atoms with Crippen molar-refractivity contribution in [1.82, 2.24) is 14.4 Å². The van der Waals surface area contributed by atoms with Gasteiger partial charge in [0.05, 0.1) is 24.5 Å². The standard InChI is InChI=1S/C30H35N3O4/c34-28-20-33-26-18-23(30(35)36)10-9-22(26)17-27(33)29-24(7-4-8-25(29)21-5-2-1-3-6-21)19-32(28)12-11-31-13-15-37-16-14-31/h4,7-10,17-18,21H,1-3,5-6,11-16,19-20H2,(H,35,36). The fourth-order valence-electron chi connectivity index (χ4n) is 6.40. The molecule has 2 aromatic carbocycles. The minimum absolute atomic E-state index is 0.0708. The molecular formula is C30H35N3O4. The molecule has 0 radical (unpaired) electrons. The number of benzene rings is 2. The maximum absolute atomic E-state index is 13.7. The average Bonchev–Trinajstić information content (AvgIpc) is 3.27. The highest BCUT2D eigenvalue weighted by Crippen LogP contribution is 2.42. The molecule has 1 saturated heterocycles. The zero-order valence-electron chi connectivity index (χ0n) is 21.3. The van der Waals surface area contributed by atoms with Crippen LogP contribution in [0.5, 0.6) is 0 Å². The fourth-order valence-corrected chi connectivity index (χ4v) is 6.40. The van der Waals surface area contributed by atoms with Gasteiger partial charge >= 0.3 is 5.97 Å². The quantitative estimate of drug-likeness (QED) is 0.547. The van der Waals surface area contributed by atoms with Crippen molar-refractivity contribution in [2.24, 2.45) is 0 Å². The Balaban J connectivity index is 1.46. The second-order valence-electron chi connectivity index (χ2n) is 10.7.